The molecule has 4 nitrogen and oxygen atoms in total. The predicted molar refractivity (Wildman–Crippen MR) is 86.3 cm³/mol. The molecule has 2 atom stereocenters. The first-order valence-corrected chi connectivity index (χ1v) is 7.48. The van der Waals surface area contributed by atoms with Gasteiger partial charge in [0.25, 0.3) is 0 Å². The van der Waals surface area contributed by atoms with E-state index >= 15 is 0 Å². The number of rotatable bonds is 10. The van der Waals surface area contributed by atoms with E-state index < -0.39 is 18.2 Å². The highest BCUT2D eigenvalue weighted by atomic mass is 16.5. The highest BCUT2D eigenvalue weighted by molar-refractivity contribution is 5.81. The van der Waals surface area contributed by atoms with Gasteiger partial charge in [-0.15, -0.1) is 0 Å². The summed E-state index contributed by atoms with van der Waals surface area (Å²) >= 11 is 0. The Labute approximate surface area is 131 Å². The molecule has 1 rings (SSSR count). The van der Waals surface area contributed by atoms with E-state index in [1.807, 2.05) is 30.3 Å². The van der Waals surface area contributed by atoms with Crippen LogP contribution in [-0.4, -0.2) is 35.0 Å². The van der Waals surface area contributed by atoms with E-state index in [9.17, 15) is 9.90 Å². The molecule has 0 heterocycles. The Kier molecular flexibility index (Phi) is 8.88. The lowest BCUT2D eigenvalue weighted by Crippen LogP contribution is -2.17. The van der Waals surface area contributed by atoms with E-state index in [1.165, 1.54) is 5.56 Å². The molecule has 0 amide bonds. The lowest BCUT2D eigenvalue weighted by atomic mass is 10.1. The van der Waals surface area contributed by atoms with Gasteiger partial charge < -0.3 is 14.9 Å². The smallest absolute Gasteiger partial charge is 0.330 e. The molecule has 0 aromatic heterocycles. The summed E-state index contributed by atoms with van der Waals surface area (Å²) in [5.41, 5.74) is 1.19. The van der Waals surface area contributed by atoms with Crippen molar-refractivity contribution in [3.63, 3.8) is 0 Å². The SMILES string of the molecule is C=CC(=O)O[C@H](C/C=C/[C@@H](O)CCc1ccccc1)CCO. The number of aliphatic hydroxyl groups is 2. The third kappa shape index (κ3) is 7.76. The first-order valence-electron chi connectivity index (χ1n) is 7.48. The molecule has 0 aliphatic heterocycles. The van der Waals surface area contributed by atoms with Gasteiger partial charge in [0.2, 0.25) is 0 Å². The molecule has 120 valence electrons. The molecule has 1 aromatic rings. The number of carbonyl (C=O) groups excluding carboxylic acids is 1. The molecule has 4 heteroatoms. The maximum atomic E-state index is 11.2. The fraction of sp³-hybridized carbons (Fsp3) is 0.389. The third-order valence-electron chi connectivity index (χ3n) is 3.23. The molecule has 1 aromatic carbocycles. The van der Waals surface area contributed by atoms with Gasteiger partial charge in [-0.2, -0.15) is 0 Å². The molecule has 0 saturated heterocycles. The van der Waals surface area contributed by atoms with Crippen LogP contribution in [0.3, 0.4) is 0 Å². The second-order valence-electron chi connectivity index (χ2n) is 5.03. The highest BCUT2D eigenvalue weighted by Gasteiger charge is 2.10. The Balaban J connectivity index is 2.34. The average molecular weight is 304 g/mol. The summed E-state index contributed by atoms with van der Waals surface area (Å²) in [6.07, 6.45) is 5.92. The molecule has 0 aliphatic carbocycles. The predicted octanol–water partition coefficient (Wildman–Crippen LogP) is 2.41. The quantitative estimate of drug-likeness (QED) is 0.396. The van der Waals surface area contributed by atoms with Crippen molar-refractivity contribution in [2.75, 3.05) is 6.61 Å². The largest absolute Gasteiger partial charge is 0.459 e. The van der Waals surface area contributed by atoms with Crippen LogP contribution in [0.25, 0.3) is 0 Å². The van der Waals surface area contributed by atoms with Crippen LogP contribution < -0.4 is 0 Å². The van der Waals surface area contributed by atoms with Gasteiger partial charge in [-0.25, -0.2) is 4.79 Å². The van der Waals surface area contributed by atoms with Crippen molar-refractivity contribution in [1.29, 1.82) is 0 Å². The van der Waals surface area contributed by atoms with Gasteiger partial charge in [-0.1, -0.05) is 49.1 Å². The first kappa shape index (κ1) is 18.1. The van der Waals surface area contributed by atoms with Gasteiger partial charge in [0.1, 0.15) is 6.10 Å². The minimum atomic E-state index is -0.537. The zero-order valence-corrected chi connectivity index (χ0v) is 12.7. The Hall–Kier alpha value is -1.91. The van der Waals surface area contributed by atoms with Gasteiger partial charge in [0.05, 0.1) is 6.10 Å². The summed E-state index contributed by atoms with van der Waals surface area (Å²) in [5, 5.41) is 18.9. The molecule has 0 spiro atoms. The maximum absolute atomic E-state index is 11.2. The van der Waals surface area contributed by atoms with Crippen molar-refractivity contribution in [1.82, 2.24) is 0 Å². The van der Waals surface area contributed by atoms with Crippen LogP contribution >= 0.6 is 0 Å². The number of benzene rings is 1. The number of hydrogen-bond donors (Lipinski definition) is 2. The van der Waals surface area contributed by atoms with Crippen LogP contribution in [0.1, 0.15) is 24.8 Å². The molecule has 22 heavy (non-hydrogen) atoms. The summed E-state index contributed by atoms with van der Waals surface area (Å²) in [5.74, 6) is -0.503. The van der Waals surface area contributed by atoms with Crippen LogP contribution in [0.15, 0.2) is 55.1 Å². The topological polar surface area (TPSA) is 66.8 Å². The number of aryl methyl sites for hydroxylation is 1. The van der Waals surface area contributed by atoms with E-state index in [4.69, 9.17) is 9.84 Å². The number of carbonyl (C=O) groups is 1. The van der Waals surface area contributed by atoms with Crippen molar-refractivity contribution in [2.24, 2.45) is 0 Å². The molecule has 0 fully saturated rings. The molecule has 0 saturated carbocycles. The summed E-state index contributed by atoms with van der Waals surface area (Å²) in [6, 6.07) is 9.98. The van der Waals surface area contributed by atoms with E-state index in [2.05, 4.69) is 6.58 Å². The fourth-order valence-electron chi connectivity index (χ4n) is 2.02. The second kappa shape index (κ2) is 10.8. The standard InChI is InChI=1S/C18H24O4/c1-2-18(21)22-17(13-14-19)10-6-9-16(20)12-11-15-7-4-3-5-8-15/h2-9,16-17,19-20H,1,10-14H2/b9-6+/t16-,17-/m1/s1. The maximum Gasteiger partial charge on any atom is 0.330 e. The van der Waals surface area contributed by atoms with Gasteiger partial charge in [0, 0.05) is 25.5 Å². The summed E-state index contributed by atoms with van der Waals surface area (Å²) in [7, 11) is 0. The number of esters is 1. The number of hydrogen-bond acceptors (Lipinski definition) is 4. The normalized spacial score (nSPS) is 13.7. The van der Waals surface area contributed by atoms with Crippen LogP contribution in [0.2, 0.25) is 0 Å². The van der Waals surface area contributed by atoms with E-state index in [0.717, 1.165) is 12.5 Å². The van der Waals surface area contributed by atoms with Gasteiger partial charge in [-0.05, 0) is 18.4 Å². The van der Waals surface area contributed by atoms with Crippen LogP contribution in [-0.2, 0) is 16.0 Å². The third-order valence-corrected chi connectivity index (χ3v) is 3.23. The van der Waals surface area contributed by atoms with E-state index in [0.29, 0.717) is 19.3 Å². The Bertz CT molecular complexity index is 467. The molecular formula is C18H24O4. The number of aliphatic hydroxyl groups excluding tert-OH is 2. The van der Waals surface area contributed by atoms with Crippen LogP contribution in [0.5, 0.6) is 0 Å². The van der Waals surface area contributed by atoms with Crippen molar-refractivity contribution < 1.29 is 19.7 Å². The number of ether oxygens (including phenoxy) is 1. The van der Waals surface area contributed by atoms with Crippen molar-refractivity contribution in [3.8, 4) is 0 Å². The molecule has 0 bridgehead atoms. The Morgan fingerprint density at radius 3 is 2.64 bits per heavy atom. The van der Waals surface area contributed by atoms with E-state index in [1.54, 1.807) is 12.2 Å². The van der Waals surface area contributed by atoms with Crippen molar-refractivity contribution in [3.05, 3.63) is 60.7 Å². The second-order valence-corrected chi connectivity index (χ2v) is 5.03. The molecule has 0 radical (unpaired) electrons. The molecule has 2 N–H and O–H groups in total. The average Bonchev–Trinajstić information content (AvgIpc) is 2.54. The molecule has 0 unspecified atom stereocenters. The summed E-state index contributed by atoms with van der Waals surface area (Å²) in [6.45, 7) is 3.28. The lowest BCUT2D eigenvalue weighted by molar-refractivity contribution is -0.143. The van der Waals surface area contributed by atoms with Gasteiger partial charge in [0.15, 0.2) is 0 Å². The summed E-state index contributed by atoms with van der Waals surface area (Å²) in [4.78, 5) is 11.2. The fourth-order valence-corrected chi connectivity index (χ4v) is 2.02. The van der Waals surface area contributed by atoms with Gasteiger partial charge in [-0.3, -0.25) is 0 Å². The minimum absolute atomic E-state index is 0.0561. The van der Waals surface area contributed by atoms with Crippen molar-refractivity contribution in [2.45, 2.75) is 37.9 Å². The van der Waals surface area contributed by atoms with Crippen LogP contribution in [0, 0.1) is 0 Å². The molecular weight excluding hydrogens is 280 g/mol. The minimum Gasteiger partial charge on any atom is -0.459 e. The lowest BCUT2D eigenvalue weighted by Gasteiger charge is -2.14. The monoisotopic (exact) mass is 304 g/mol. The Morgan fingerprint density at radius 1 is 1.27 bits per heavy atom. The Morgan fingerprint density at radius 2 is 2.00 bits per heavy atom. The first-order chi connectivity index (χ1) is 10.7. The van der Waals surface area contributed by atoms with Gasteiger partial charge >= 0.3 is 5.97 Å². The highest BCUT2D eigenvalue weighted by Crippen LogP contribution is 2.09. The zero-order chi connectivity index (χ0) is 16.2. The summed E-state index contributed by atoms with van der Waals surface area (Å²) < 4.78 is 5.10. The zero-order valence-electron chi connectivity index (χ0n) is 12.7. The van der Waals surface area contributed by atoms with Crippen LogP contribution in [0.4, 0.5) is 0 Å². The molecule has 0 aliphatic rings. The van der Waals surface area contributed by atoms with E-state index in [-0.39, 0.29) is 6.61 Å². The van der Waals surface area contributed by atoms with Crippen molar-refractivity contribution >= 4 is 5.97 Å².